The largest absolute Gasteiger partial charge is 0.308 e. The van der Waals surface area contributed by atoms with E-state index in [9.17, 15) is 0 Å². The van der Waals surface area contributed by atoms with Gasteiger partial charge < -0.3 is 5.32 Å². The van der Waals surface area contributed by atoms with Gasteiger partial charge in [0.25, 0.3) is 0 Å². The molecule has 1 aromatic heterocycles. The van der Waals surface area contributed by atoms with Crippen molar-refractivity contribution in [2.75, 3.05) is 13.1 Å². The second kappa shape index (κ2) is 6.53. The molecule has 1 aromatic carbocycles. The number of rotatable bonds is 5. The van der Waals surface area contributed by atoms with Gasteiger partial charge in [0, 0.05) is 42.0 Å². The molecule has 0 spiro atoms. The number of benzene rings is 1. The molecule has 2 nitrogen and oxygen atoms in total. The molecule has 3 heteroatoms. The predicted molar refractivity (Wildman–Crippen MR) is 86.0 cm³/mol. The summed E-state index contributed by atoms with van der Waals surface area (Å²) in [6.07, 6.45) is 1.26. The Balaban J connectivity index is 1.45. The first-order valence-electron chi connectivity index (χ1n) is 7.34. The number of likely N-dealkylation sites (tertiary alicyclic amines) is 1. The smallest absolute Gasteiger partial charge is 0.0302 e. The summed E-state index contributed by atoms with van der Waals surface area (Å²) in [5.41, 5.74) is 1.42. The number of hydrogen-bond acceptors (Lipinski definition) is 3. The lowest BCUT2D eigenvalue weighted by Crippen LogP contribution is -2.31. The molecule has 0 amide bonds. The summed E-state index contributed by atoms with van der Waals surface area (Å²) in [5, 5.41) is 3.70. The van der Waals surface area contributed by atoms with E-state index >= 15 is 0 Å². The van der Waals surface area contributed by atoms with E-state index in [1.54, 1.807) is 0 Å². The summed E-state index contributed by atoms with van der Waals surface area (Å²) in [6, 6.07) is 15.9. The molecule has 1 unspecified atom stereocenters. The quantitative estimate of drug-likeness (QED) is 0.906. The fourth-order valence-corrected chi connectivity index (χ4v) is 3.65. The van der Waals surface area contributed by atoms with Gasteiger partial charge in [0.15, 0.2) is 0 Å². The third-order valence-electron chi connectivity index (χ3n) is 3.88. The zero-order valence-electron chi connectivity index (χ0n) is 12.0. The molecule has 1 aliphatic heterocycles. The van der Waals surface area contributed by atoms with Gasteiger partial charge >= 0.3 is 0 Å². The molecule has 1 aliphatic rings. The van der Waals surface area contributed by atoms with Crippen LogP contribution in [0.2, 0.25) is 0 Å². The maximum atomic E-state index is 3.70. The number of nitrogens with zero attached hydrogens (tertiary/aromatic N) is 1. The average Bonchev–Trinajstić information content (AvgIpc) is 3.07. The SMILES string of the molecule is Cc1ccc(CNC2CCN(Cc3ccccc3)C2)s1. The van der Waals surface area contributed by atoms with Crippen molar-refractivity contribution in [2.24, 2.45) is 0 Å². The molecule has 3 rings (SSSR count). The van der Waals surface area contributed by atoms with Gasteiger partial charge in [-0.25, -0.2) is 0 Å². The summed E-state index contributed by atoms with van der Waals surface area (Å²) in [4.78, 5) is 5.40. The lowest BCUT2D eigenvalue weighted by Gasteiger charge is -2.16. The van der Waals surface area contributed by atoms with E-state index in [4.69, 9.17) is 0 Å². The fraction of sp³-hybridized carbons (Fsp3) is 0.412. The van der Waals surface area contributed by atoms with Crippen LogP contribution in [0, 0.1) is 6.92 Å². The third-order valence-corrected chi connectivity index (χ3v) is 4.88. The summed E-state index contributed by atoms with van der Waals surface area (Å²) in [5.74, 6) is 0. The highest BCUT2D eigenvalue weighted by Crippen LogP contribution is 2.17. The van der Waals surface area contributed by atoms with Crippen molar-refractivity contribution in [1.29, 1.82) is 0 Å². The fourth-order valence-electron chi connectivity index (χ4n) is 2.81. The Bertz CT molecular complexity index is 535. The Morgan fingerprint density at radius 3 is 2.80 bits per heavy atom. The molecule has 2 aromatic rings. The predicted octanol–water partition coefficient (Wildman–Crippen LogP) is 3.42. The Morgan fingerprint density at radius 2 is 2.05 bits per heavy atom. The standard InChI is InChI=1S/C17H22N2S/c1-14-7-8-17(20-14)11-18-16-9-10-19(13-16)12-15-5-3-2-4-6-15/h2-8,16,18H,9-13H2,1H3. The van der Waals surface area contributed by atoms with Crippen LogP contribution in [0.5, 0.6) is 0 Å². The average molecular weight is 286 g/mol. The van der Waals surface area contributed by atoms with Crippen LogP contribution < -0.4 is 5.32 Å². The minimum atomic E-state index is 0.640. The molecular weight excluding hydrogens is 264 g/mol. The molecule has 1 N–H and O–H groups in total. The number of aryl methyl sites for hydroxylation is 1. The van der Waals surface area contributed by atoms with E-state index in [2.05, 4.69) is 59.6 Å². The van der Waals surface area contributed by atoms with Gasteiger partial charge in [-0.15, -0.1) is 11.3 Å². The molecule has 0 aliphatic carbocycles. The number of thiophene rings is 1. The number of nitrogens with one attached hydrogen (secondary N) is 1. The van der Waals surface area contributed by atoms with Gasteiger partial charge in [0.2, 0.25) is 0 Å². The molecular formula is C17H22N2S. The molecule has 1 fully saturated rings. The highest BCUT2D eigenvalue weighted by atomic mass is 32.1. The van der Waals surface area contributed by atoms with Crippen molar-refractivity contribution in [3.05, 3.63) is 57.8 Å². The minimum absolute atomic E-state index is 0.640. The van der Waals surface area contributed by atoms with Crippen LogP contribution in [0.4, 0.5) is 0 Å². The summed E-state index contributed by atoms with van der Waals surface area (Å²) in [6.45, 7) is 6.64. The molecule has 2 heterocycles. The van der Waals surface area contributed by atoms with E-state index in [1.807, 2.05) is 11.3 Å². The molecule has 20 heavy (non-hydrogen) atoms. The van der Waals surface area contributed by atoms with Crippen LogP contribution in [-0.4, -0.2) is 24.0 Å². The maximum Gasteiger partial charge on any atom is 0.0302 e. The van der Waals surface area contributed by atoms with Gasteiger partial charge in [-0.05, 0) is 31.0 Å². The monoisotopic (exact) mass is 286 g/mol. The lowest BCUT2D eigenvalue weighted by atomic mass is 10.2. The zero-order valence-corrected chi connectivity index (χ0v) is 12.8. The van der Waals surface area contributed by atoms with E-state index in [1.165, 1.54) is 34.8 Å². The second-order valence-electron chi connectivity index (χ2n) is 5.60. The van der Waals surface area contributed by atoms with Crippen LogP contribution in [0.1, 0.15) is 21.7 Å². The Kier molecular flexibility index (Phi) is 4.51. The van der Waals surface area contributed by atoms with Crippen molar-refractivity contribution in [2.45, 2.75) is 32.5 Å². The Morgan fingerprint density at radius 1 is 1.20 bits per heavy atom. The van der Waals surface area contributed by atoms with Gasteiger partial charge in [-0.1, -0.05) is 30.3 Å². The first-order valence-corrected chi connectivity index (χ1v) is 8.16. The molecule has 0 bridgehead atoms. The maximum absolute atomic E-state index is 3.70. The van der Waals surface area contributed by atoms with Crippen molar-refractivity contribution in [3.63, 3.8) is 0 Å². The van der Waals surface area contributed by atoms with Gasteiger partial charge in [0.1, 0.15) is 0 Å². The highest BCUT2D eigenvalue weighted by Gasteiger charge is 2.21. The Labute approximate surface area is 125 Å². The highest BCUT2D eigenvalue weighted by molar-refractivity contribution is 7.11. The molecule has 0 saturated carbocycles. The Hall–Kier alpha value is -1.16. The van der Waals surface area contributed by atoms with Crippen LogP contribution in [0.25, 0.3) is 0 Å². The minimum Gasteiger partial charge on any atom is -0.308 e. The first-order chi connectivity index (χ1) is 9.79. The van der Waals surface area contributed by atoms with Crippen LogP contribution >= 0.6 is 11.3 Å². The van der Waals surface area contributed by atoms with E-state index in [-0.39, 0.29) is 0 Å². The van der Waals surface area contributed by atoms with Crippen LogP contribution in [0.15, 0.2) is 42.5 Å². The number of hydrogen-bond donors (Lipinski definition) is 1. The molecule has 1 atom stereocenters. The molecule has 1 saturated heterocycles. The van der Waals surface area contributed by atoms with Crippen molar-refractivity contribution in [3.8, 4) is 0 Å². The second-order valence-corrected chi connectivity index (χ2v) is 6.97. The van der Waals surface area contributed by atoms with E-state index in [0.717, 1.165) is 13.1 Å². The lowest BCUT2D eigenvalue weighted by molar-refractivity contribution is 0.320. The third kappa shape index (κ3) is 3.69. The molecule has 106 valence electrons. The van der Waals surface area contributed by atoms with E-state index < -0.39 is 0 Å². The van der Waals surface area contributed by atoms with E-state index in [0.29, 0.717) is 6.04 Å². The van der Waals surface area contributed by atoms with Crippen molar-refractivity contribution < 1.29 is 0 Å². The summed E-state index contributed by atoms with van der Waals surface area (Å²) < 4.78 is 0. The van der Waals surface area contributed by atoms with Gasteiger partial charge in [-0.2, -0.15) is 0 Å². The van der Waals surface area contributed by atoms with Gasteiger partial charge in [-0.3, -0.25) is 4.90 Å². The summed E-state index contributed by atoms with van der Waals surface area (Å²) in [7, 11) is 0. The van der Waals surface area contributed by atoms with Crippen molar-refractivity contribution >= 4 is 11.3 Å². The first kappa shape index (κ1) is 13.8. The van der Waals surface area contributed by atoms with Gasteiger partial charge in [0.05, 0.1) is 0 Å². The van der Waals surface area contributed by atoms with Crippen LogP contribution in [-0.2, 0) is 13.1 Å². The summed E-state index contributed by atoms with van der Waals surface area (Å²) >= 11 is 1.90. The van der Waals surface area contributed by atoms with Crippen molar-refractivity contribution in [1.82, 2.24) is 10.2 Å². The zero-order chi connectivity index (χ0) is 13.8. The van der Waals surface area contributed by atoms with Crippen LogP contribution in [0.3, 0.4) is 0 Å². The topological polar surface area (TPSA) is 15.3 Å². The molecule has 0 radical (unpaired) electrons. The normalized spacial score (nSPS) is 19.6.